The van der Waals surface area contributed by atoms with Crippen molar-refractivity contribution in [3.05, 3.63) is 81.5 Å². The van der Waals surface area contributed by atoms with Crippen LogP contribution in [0, 0.1) is 0 Å². The van der Waals surface area contributed by atoms with E-state index in [1.54, 1.807) is 5.38 Å². The summed E-state index contributed by atoms with van der Waals surface area (Å²) >= 11 is 1.22. The number of rotatable bonds is 3. The average molecular weight is 415 g/mol. The highest BCUT2D eigenvalue weighted by Gasteiger charge is 2.33. The Morgan fingerprint density at radius 1 is 1.10 bits per heavy atom. The number of nitrogens with zero attached hydrogens (tertiary/aromatic N) is 1. The van der Waals surface area contributed by atoms with Crippen molar-refractivity contribution in [2.45, 2.75) is 6.18 Å². The molecule has 0 aliphatic heterocycles. The van der Waals surface area contributed by atoms with Gasteiger partial charge in [0.05, 0.1) is 22.3 Å². The normalized spacial score (nSPS) is 11.6. The van der Waals surface area contributed by atoms with Crippen molar-refractivity contribution in [1.82, 2.24) is 9.97 Å². The molecular formula is C20H12F3N3O2S. The molecule has 0 saturated carbocycles. The summed E-state index contributed by atoms with van der Waals surface area (Å²) in [5, 5.41) is 4.87. The minimum Gasteiger partial charge on any atom is -0.354 e. The molecule has 0 aliphatic rings. The molecule has 0 unspecified atom stereocenters. The van der Waals surface area contributed by atoms with Crippen LogP contribution in [-0.2, 0) is 6.18 Å². The Morgan fingerprint density at radius 3 is 2.62 bits per heavy atom. The molecule has 2 aromatic heterocycles. The van der Waals surface area contributed by atoms with Gasteiger partial charge in [-0.1, -0.05) is 24.3 Å². The van der Waals surface area contributed by atoms with Crippen molar-refractivity contribution in [3.63, 3.8) is 0 Å². The van der Waals surface area contributed by atoms with Crippen molar-refractivity contribution < 1.29 is 18.0 Å². The number of hydrogen-bond acceptors (Lipinski definition) is 4. The lowest BCUT2D eigenvalue weighted by Gasteiger charge is -2.14. The maximum atomic E-state index is 13.4. The number of fused-ring (bicyclic) bond motifs is 1. The van der Waals surface area contributed by atoms with Gasteiger partial charge in [-0.3, -0.25) is 14.9 Å². The molecule has 2 aromatic carbocycles. The smallest absolute Gasteiger partial charge is 0.354 e. The minimum atomic E-state index is -4.59. The van der Waals surface area contributed by atoms with Crippen LogP contribution in [0.3, 0.4) is 0 Å². The number of para-hydroxylation sites is 1. The molecule has 0 fully saturated rings. The Morgan fingerprint density at radius 2 is 1.90 bits per heavy atom. The predicted molar refractivity (Wildman–Crippen MR) is 105 cm³/mol. The molecule has 0 radical (unpaired) electrons. The van der Waals surface area contributed by atoms with Crippen LogP contribution in [0.25, 0.3) is 22.2 Å². The molecule has 2 heterocycles. The third-order valence-corrected chi connectivity index (χ3v) is 4.97. The fourth-order valence-electron chi connectivity index (χ4n) is 3.02. The number of aromatic amines is 1. The molecule has 0 bridgehead atoms. The Hall–Kier alpha value is -3.46. The van der Waals surface area contributed by atoms with E-state index in [0.717, 1.165) is 12.1 Å². The number of alkyl halides is 3. The summed E-state index contributed by atoms with van der Waals surface area (Å²) in [6.07, 6.45) is -3.07. The van der Waals surface area contributed by atoms with E-state index in [1.807, 2.05) is 0 Å². The molecular weight excluding hydrogens is 403 g/mol. The van der Waals surface area contributed by atoms with Crippen LogP contribution < -0.4 is 10.7 Å². The van der Waals surface area contributed by atoms with Crippen molar-refractivity contribution in [3.8, 4) is 11.3 Å². The number of amides is 1. The Kier molecular flexibility index (Phi) is 4.67. The van der Waals surface area contributed by atoms with Crippen molar-refractivity contribution >= 4 is 33.3 Å². The van der Waals surface area contributed by atoms with Gasteiger partial charge in [-0.2, -0.15) is 13.2 Å². The maximum Gasteiger partial charge on any atom is 0.417 e. The monoisotopic (exact) mass is 415 g/mol. The number of thiazole rings is 1. The lowest BCUT2D eigenvalue weighted by atomic mass is 10.0. The highest BCUT2D eigenvalue weighted by atomic mass is 32.1. The number of H-pyrrole nitrogens is 1. The van der Waals surface area contributed by atoms with E-state index in [1.165, 1.54) is 53.9 Å². The number of benzene rings is 2. The van der Waals surface area contributed by atoms with E-state index in [2.05, 4.69) is 15.3 Å². The first kappa shape index (κ1) is 18.9. The molecule has 4 rings (SSSR count). The van der Waals surface area contributed by atoms with Gasteiger partial charge in [0.15, 0.2) is 10.6 Å². The lowest BCUT2D eigenvalue weighted by Crippen LogP contribution is -2.15. The summed E-state index contributed by atoms with van der Waals surface area (Å²) in [5.74, 6) is -0.526. The van der Waals surface area contributed by atoms with Gasteiger partial charge in [0.2, 0.25) is 0 Å². The van der Waals surface area contributed by atoms with Gasteiger partial charge >= 0.3 is 6.18 Å². The van der Waals surface area contributed by atoms with Crippen LogP contribution in [0.5, 0.6) is 0 Å². The second-order valence-corrected chi connectivity index (χ2v) is 7.00. The maximum absolute atomic E-state index is 13.4. The number of carbonyl (C=O) groups is 1. The van der Waals surface area contributed by atoms with E-state index in [0.29, 0.717) is 5.13 Å². The zero-order chi connectivity index (χ0) is 20.6. The van der Waals surface area contributed by atoms with E-state index < -0.39 is 23.1 Å². The molecule has 29 heavy (non-hydrogen) atoms. The number of carbonyl (C=O) groups excluding carboxylic acids is 1. The largest absolute Gasteiger partial charge is 0.417 e. The molecule has 2 N–H and O–H groups in total. The van der Waals surface area contributed by atoms with Gasteiger partial charge in [-0.15, -0.1) is 11.3 Å². The SMILES string of the molecule is O=C(Nc1nccs1)c1cccc2c(=O)cc(-c3ccccc3C(F)(F)F)[nH]c12. The van der Waals surface area contributed by atoms with E-state index >= 15 is 0 Å². The molecule has 1 amide bonds. The number of pyridine rings is 1. The summed E-state index contributed by atoms with van der Waals surface area (Å²) in [5.41, 5.74) is -1.28. The van der Waals surface area contributed by atoms with E-state index in [9.17, 15) is 22.8 Å². The number of nitrogens with one attached hydrogen (secondary N) is 2. The Balaban J connectivity index is 1.90. The molecule has 9 heteroatoms. The van der Waals surface area contributed by atoms with E-state index in [-0.39, 0.29) is 27.7 Å². The van der Waals surface area contributed by atoms with Gasteiger partial charge in [0.1, 0.15) is 0 Å². The minimum absolute atomic E-state index is 0.0232. The standard InChI is InChI=1S/C20H12F3N3O2S/c21-20(22,23)14-7-2-1-4-11(14)15-10-16(27)12-5-3-6-13(17(12)25-15)18(28)26-19-24-8-9-29-19/h1-10H,(H,25,27)(H,24,26,28). The number of aromatic nitrogens is 2. The highest BCUT2D eigenvalue weighted by Crippen LogP contribution is 2.36. The van der Waals surface area contributed by atoms with Crippen LogP contribution in [0.2, 0.25) is 0 Å². The number of anilines is 1. The fourth-order valence-corrected chi connectivity index (χ4v) is 3.54. The van der Waals surface area contributed by atoms with Crippen LogP contribution in [0.4, 0.5) is 18.3 Å². The van der Waals surface area contributed by atoms with Gasteiger partial charge < -0.3 is 4.98 Å². The zero-order valence-electron chi connectivity index (χ0n) is 14.6. The average Bonchev–Trinajstić information content (AvgIpc) is 3.20. The van der Waals surface area contributed by atoms with Crippen LogP contribution >= 0.6 is 11.3 Å². The summed E-state index contributed by atoms with van der Waals surface area (Å²) in [6, 6.07) is 10.6. The molecule has 0 atom stereocenters. The third kappa shape index (κ3) is 3.64. The molecule has 0 aliphatic carbocycles. The molecule has 5 nitrogen and oxygen atoms in total. The zero-order valence-corrected chi connectivity index (χ0v) is 15.4. The van der Waals surface area contributed by atoms with Crippen LogP contribution in [0.1, 0.15) is 15.9 Å². The summed E-state index contributed by atoms with van der Waals surface area (Å²) in [4.78, 5) is 32.1. The molecule has 146 valence electrons. The second-order valence-electron chi connectivity index (χ2n) is 6.11. The fraction of sp³-hybridized carbons (Fsp3) is 0.0500. The van der Waals surface area contributed by atoms with Crippen molar-refractivity contribution in [2.24, 2.45) is 0 Å². The van der Waals surface area contributed by atoms with Crippen LogP contribution in [-0.4, -0.2) is 15.9 Å². The summed E-state index contributed by atoms with van der Waals surface area (Å²) in [6.45, 7) is 0. The van der Waals surface area contributed by atoms with Gasteiger partial charge in [0.25, 0.3) is 5.91 Å². The number of halogens is 3. The Bertz CT molecular complexity index is 1260. The summed E-state index contributed by atoms with van der Waals surface area (Å²) in [7, 11) is 0. The third-order valence-electron chi connectivity index (χ3n) is 4.29. The van der Waals surface area contributed by atoms with E-state index in [4.69, 9.17) is 0 Å². The van der Waals surface area contributed by atoms with Crippen LogP contribution in [0.15, 0.2) is 64.9 Å². The topological polar surface area (TPSA) is 74.8 Å². The second kappa shape index (κ2) is 7.17. The lowest BCUT2D eigenvalue weighted by molar-refractivity contribution is -0.137. The predicted octanol–water partition coefficient (Wildman–Crippen LogP) is 4.92. The molecule has 0 saturated heterocycles. The van der Waals surface area contributed by atoms with Gasteiger partial charge in [0, 0.05) is 28.6 Å². The summed E-state index contributed by atoms with van der Waals surface area (Å²) < 4.78 is 40.2. The molecule has 0 spiro atoms. The van der Waals surface area contributed by atoms with Gasteiger partial charge in [-0.25, -0.2) is 4.98 Å². The first-order valence-corrected chi connectivity index (χ1v) is 9.26. The highest BCUT2D eigenvalue weighted by molar-refractivity contribution is 7.13. The van der Waals surface area contributed by atoms with Gasteiger partial charge in [-0.05, 0) is 18.2 Å². The van der Waals surface area contributed by atoms with Crippen molar-refractivity contribution in [1.29, 1.82) is 0 Å². The molecule has 4 aromatic rings. The number of hydrogen-bond donors (Lipinski definition) is 2. The Labute approximate surface area is 165 Å². The quantitative estimate of drug-likeness (QED) is 0.499. The first-order valence-electron chi connectivity index (χ1n) is 8.38. The first-order chi connectivity index (χ1) is 13.8. The van der Waals surface area contributed by atoms with Crippen molar-refractivity contribution in [2.75, 3.05) is 5.32 Å².